The van der Waals surface area contributed by atoms with Crippen LogP contribution in [0.5, 0.6) is 11.6 Å². The van der Waals surface area contributed by atoms with E-state index in [2.05, 4.69) is 10.3 Å². The summed E-state index contributed by atoms with van der Waals surface area (Å²) in [6, 6.07) is 2.00. The summed E-state index contributed by atoms with van der Waals surface area (Å²) in [4.78, 5) is 4.54. The van der Waals surface area contributed by atoms with E-state index in [1.165, 1.54) is 12.0 Å². The number of fused-ring (bicyclic) bond motifs is 1. The molecule has 6 nitrogen and oxygen atoms in total. The van der Waals surface area contributed by atoms with Gasteiger partial charge in [-0.25, -0.2) is 4.98 Å². The van der Waals surface area contributed by atoms with Crippen LogP contribution < -0.4 is 14.8 Å². The second-order valence-corrected chi connectivity index (χ2v) is 5.57. The molecule has 1 aromatic heterocycles. The molecule has 3 rings (SSSR count). The van der Waals surface area contributed by atoms with Crippen molar-refractivity contribution < 1.29 is 18.9 Å². The van der Waals surface area contributed by atoms with Crippen LogP contribution in [0.1, 0.15) is 36.9 Å². The van der Waals surface area contributed by atoms with E-state index in [4.69, 9.17) is 18.9 Å². The van der Waals surface area contributed by atoms with E-state index in [-0.39, 0.29) is 6.29 Å². The van der Waals surface area contributed by atoms with E-state index in [0.717, 1.165) is 44.7 Å². The Bertz CT molecular complexity index is 489. The molecule has 0 aliphatic carbocycles. The van der Waals surface area contributed by atoms with E-state index < -0.39 is 0 Å². The predicted molar refractivity (Wildman–Crippen MR) is 81.0 cm³/mol. The Morgan fingerprint density at radius 1 is 1.32 bits per heavy atom. The summed E-state index contributed by atoms with van der Waals surface area (Å²) in [5, 5.41) is 3.27. The van der Waals surface area contributed by atoms with Gasteiger partial charge in [-0.3, -0.25) is 0 Å². The highest BCUT2D eigenvalue weighted by Crippen LogP contribution is 2.29. The molecule has 0 saturated carbocycles. The Balaban J connectivity index is 1.43. The summed E-state index contributed by atoms with van der Waals surface area (Å²) >= 11 is 0. The maximum atomic E-state index is 5.76. The first kappa shape index (κ1) is 15.5. The minimum Gasteiger partial charge on any atom is -0.491 e. The standard InChI is InChI=1S/C16H24N2O4/c1-19-14-9-12-10-17-11-13(12)18-16(14)22-8-4-7-21-15-5-2-3-6-20-15/h9,15,17H,2-8,10-11H2,1H3. The first-order valence-corrected chi connectivity index (χ1v) is 8.00. The average Bonchev–Trinajstić information content (AvgIpc) is 3.02. The van der Waals surface area contributed by atoms with Gasteiger partial charge in [-0.15, -0.1) is 0 Å². The van der Waals surface area contributed by atoms with Crippen LogP contribution >= 0.6 is 0 Å². The molecule has 1 saturated heterocycles. The third kappa shape index (κ3) is 3.88. The summed E-state index contributed by atoms with van der Waals surface area (Å²) in [6.45, 7) is 3.64. The van der Waals surface area contributed by atoms with Crippen molar-refractivity contribution in [3.05, 3.63) is 17.3 Å². The highest BCUT2D eigenvalue weighted by atomic mass is 16.7. The number of methoxy groups -OCH3 is 1. The third-order valence-electron chi connectivity index (χ3n) is 3.92. The number of aromatic nitrogens is 1. The van der Waals surface area contributed by atoms with Crippen LogP contribution in [-0.2, 0) is 22.6 Å². The van der Waals surface area contributed by atoms with Crippen LogP contribution in [0.3, 0.4) is 0 Å². The fraction of sp³-hybridized carbons (Fsp3) is 0.688. The lowest BCUT2D eigenvalue weighted by Crippen LogP contribution is -2.23. The van der Waals surface area contributed by atoms with Gasteiger partial charge in [-0.05, 0) is 30.9 Å². The molecule has 0 amide bonds. The molecule has 1 fully saturated rings. The van der Waals surface area contributed by atoms with E-state index >= 15 is 0 Å². The smallest absolute Gasteiger partial charge is 0.257 e. The topological polar surface area (TPSA) is 61.8 Å². The molecule has 0 bridgehead atoms. The minimum atomic E-state index is -0.0347. The van der Waals surface area contributed by atoms with Crippen LogP contribution in [0.2, 0.25) is 0 Å². The van der Waals surface area contributed by atoms with E-state index in [1.54, 1.807) is 7.11 Å². The molecule has 22 heavy (non-hydrogen) atoms. The van der Waals surface area contributed by atoms with Gasteiger partial charge in [0.25, 0.3) is 5.88 Å². The van der Waals surface area contributed by atoms with Gasteiger partial charge >= 0.3 is 0 Å². The molecule has 3 heterocycles. The van der Waals surface area contributed by atoms with Crippen molar-refractivity contribution in [3.8, 4) is 11.6 Å². The van der Waals surface area contributed by atoms with Crippen LogP contribution in [0, 0.1) is 0 Å². The molecule has 1 aromatic rings. The number of hydrogen-bond donors (Lipinski definition) is 1. The lowest BCUT2D eigenvalue weighted by Gasteiger charge is -2.22. The highest BCUT2D eigenvalue weighted by Gasteiger charge is 2.17. The monoisotopic (exact) mass is 308 g/mol. The van der Waals surface area contributed by atoms with E-state index in [9.17, 15) is 0 Å². The maximum absolute atomic E-state index is 5.76. The van der Waals surface area contributed by atoms with Crippen molar-refractivity contribution in [1.29, 1.82) is 0 Å². The molecule has 1 N–H and O–H groups in total. The quantitative estimate of drug-likeness (QED) is 0.778. The largest absolute Gasteiger partial charge is 0.491 e. The van der Waals surface area contributed by atoms with Crippen molar-refractivity contribution in [2.45, 2.75) is 45.1 Å². The Morgan fingerprint density at radius 2 is 2.27 bits per heavy atom. The van der Waals surface area contributed by atoms with Crippen molar-refractivity contribution in [1.82, 2.24) is 10.3 Å². The number of hydrogen-bond acceptors (Lipinski definition) is 6. The summed E-state index contributed by atoms with van der Waals surface area (Å²) < 4.78 is 22.3. The molecule has 122 valence electrons. The van der Waals surface area contributed by atoms with Gasteiger partial charge in [0.15, 0.2) is 12.0 Å². The zero-order chi connectivity index (χ0) is 15.2. The van der Waals surface area contributed by atoms with Crippen LogP contribution in [0.4, 0.5) is 0 Å². The SMILES string of the molecule is COc1cc2c(nc1OCCCOC1CCCCO1)CNC2. The fourth-order valence-electron chi connectivity index (χ4n) is 2.71. The van der Waals surface area contributed by atoms with Gasteiger partial charge in [0.1, 0.15) is 0 Å². The van der Waals surface area contributed by atoms with Gasteiger partial charge in [0.2, 0.25) is 0 Å². The molecule has 6 heteroatoms. The maximum Gasteiger partial charge on any atom is 0.257 e. The lowest BCUT2D eigenvalue weighted by atomic mass is 10.2. The molecular formula is C16H24N2O4. The Morgan fingerprint density at radius 3 is 3.09 bits per heavy atom. The Kier molecular flexibility index (Phi) is 5.48. The third-order valence-corrected chi connectivity index (χ3v) is 3.92. The molecular weight excluding hydrogens is 284 g/mol. The van der Waals surface area contributed by atoms with E-state index in [0.29, 0.717) is 24.8 Å². The number of nitrogens with one attached hydrogen (secondary N) is 1. The average molecular weight is 308 g/mol. The molecule has 0 aromatic carbocycles. The molecule has 0 spiro atoms. The zero-order valence-corrected chi connectivity index (χ0v) is 13.1. The van der Waals surface area contributed by atoms with E-state index in [1.807, 2.05) is 6.07 Å². The first-order chi connectivity index (χ1) is 10.9. The molecule has 1 atom stereocenters. The number of pyridine rings is 1. The summed E-state index contributed by atoms with van der Waals surface area (Å²) in [5.74, 6) is 1.26. The first-order valence-electron chi connectivity index (χ1n) is 8.00. The second-order valence-electron chi connectivity index (χ2n) is 5.57. The van der Waals surface area contributed by atoms with Crippen LogP contribution in [0.15, 0.2) is 6.07 Å². The summed E-state index contributed by atoms with van der Waals surface area (Å²) in [6.07, 6.45) is 4.09. The fourth-order valence-corrected chi connectivity index (χ4v) is 2.71. The second kappa shape index (κ2) is 7.76. The highest BCUT2D eigenvalue weighted by molar-refractivity contribution is 5.41. The minimum absolute atomic E-state index is 0.0347. The van der Waals surface area contributed by atoms with Gasteiger partial charge in [-0.1, -0.05) is 0 Å². The predicted octanol–water partition coefficient (Wildman–Crippen LogP) is 2.01. The van der Waals surface area contributed by atoms with Gasteiger partial charge in [0, 0.05) is 26.1 Å². The zero-order valence-electron chi connectivity index (χ0n) is 13.1. The normalized spacial score (nSPS) is 20.7. The lowest BCUT2D eigenvalue weighted by molar-refractivity contribution is -0.163. The number of ether oxygens (including phenoxy) is 4. The molecule has 2 aliphatic rings. The number of rotatable bonds is 7. The summed E-state index contributed by atoms with van der Waals surface area (Å²) in [7, 11) is 1.64. The number of nitrogens with zero attached hydrogens (tertiary/aromatic N) is 1. The molecule has 0 radical (unpaired) electrons. The van der Waals surface area contributed by atoms with Crippen molar-refractivity contribution >= 4 is 0 Å². The Labute approximate surface area is 131 Å². The Hall–Kier alpha value is -1.37. The van der Waals surface area contributed by atoms with Gasteiger partial charge < -0.3 is 24.3 Å². The summed E-state index contributed by atoms with van der Waals surface area (Å²) in [5.41, 5.74) is 2.23. The van der Waals surface area contributed by atoms with Crippen molar-refractivity contribution in [3.63, 3.8) is 0 Å². The van der Waals surface area contributed by atoms with Crippen molar-refractivity contribution in [2.75, 3.05) is 26.9 Å². The molecule has 2 aliphatic heterocycles. The van der Waals surface area contributed by atoms with Crippen LogP contribution in [0.25, 0.3) is 0 Å². The van der Waals surface area contributed by atoms with Gasteiger partial charge in [-0.2, -0.15) is 0 Å². The van der Waals surface area contributed by atoms with Crippen molar-refractivity contribution in [2.24, 2.45) is 0 Å². The van der Waals surface area contributed by atoms with Gasteiger partial charge in [0.05, 0.1) is 26.0 Å². The van der Waals surface area contributed by atoms with Crippen LogP contribution in [-0.4, -0.2) is 38.2 Å². The molecule has 1 unspecified atom stereocenters.